The average molecular weight is 1290 g/mol. The molecule has 0 unspecified atom stereocenters. The largest absolute Gasteiger partial charge is 1.00 e. The third kappa shape index (κ3) is 22.6. The molecule has 70 heavy (non-hydrogen) atoms. The fourth-order valence-corrected chi connectivity index (χ4v) is 12.0. The first-order chi connectivity index (χ1) is 32.5. The Labute approximate surface area is 472 Å². The number of benzene rings is 5. The van der Waals surface area contributed by atoms with Crippen LogP contribution in [-0.4, -0.2) is 101 Å². The quantitative estimate of drug-likeness (QED) is 0.0295. The van der Waals surface area contributed by atoms with Gasteiger partial charge in [0.05, 0.1) is 92.8 Å². The molecular formula is C49H59Br4NaO13S3. The van der Waals surface area contributed by atoms with Crippen molar-refractivity contribution >= 4 is 78.1 Å². The Morgan fingerprint density at radius 3 is 0.943 bits per heavy atom. The molecule has 0 atom stereocenters. The third-order valence-electron chi connectivity index (χ3n) is 10.1. The molecule has 0 saturated heterocycles. The molecule has 5 rings (SSSR count). The molecule has 0 aliphatic rings. The van der Waals surface area contributed by atoms with E-state index >= 15 is 0 Å². The molecule has 0 amide bonds. The number of hydrogen-bond donors (Lipinski definition) is 0. The van der Waals surface area contributed by atoms with E-state index in [-0.39, 0.29) is 79.9 Å². The number of hydrogen-bond acceptors (Lipinski definition) is 13. The zero-order valence-corrected chi connectivity index (χ0v) is 50.4. The van der Waals surface area contributed by atoms with E-state index in [1.54, 1.807) is 57.2 Å². The standard InChI is InChI=1S/C35H40O11S3.C14H19Br3O2.BrH.Na/c1-28-9-15-32(16-10-28)47(36,37)44-25-35(24-43-22-21-42-23-31-7-5-4-6-8-31,26-45-48(38,39)33-17-11-29(2)12-18-33)27-46-49(40,41)34-19-13-30(3)14-20-34;15-9-14(10-16,11-17)12-19-7-6-18-8-13-4-2-1-3-5-13;;/h4-20H,21-27H2,1-3H3;1-5H,6-12H2;1H;/q;;;+1/p-1. The maximum Gasteiger partial charge on any atom is 1.00 e. The minimum absolute atomic E-state index is 0. The summed E-state index contributed by atoms with van der Waals surface area (Å²) in [6.07, 6.45) is 0. The van der Waals surface area contributed by atoms with E-state index in [0.29, 0.717) is 33.0 Å². The molecule has 0 bridgehead atoms. The molecule has 0 N–H and O–H groups in total. The number of alkyl halides is 3. The second-order valence-electron chi connectivity index (χ2n) is 16.2. The van der Waals surface area contributed by atoms with Crippen LogP contribution in [0.2, 0.25) is 0 Å². The van der Waals surface area contributed by atoms with Crippen molar-refractivity contribution < 1.29 is 103 Å². The van der Waals surface area contributed by atoms with Gasteiger partial charge in [0.1, 0.15) is 0 Å². The van der Waals surface area contributed by atoms with E-state index in [4.69, 9.17) is 31.5 Å². The molecule has 0 radical (unpaired) electrons. The van der Waals surface area contributed by atoms with Gasteiger partial charge in [0.15, 0.2) is 0 Å². The summed E-state index contributed by atoms with van der Waals surface area (Å²) in [5.74, 6) is 0. The van der Waals surface area contributed by atoms with Crippen LogP contribution in [-0.2, 0) is 75.1 Å². The van der Waals surface area contributed by atoms with Crippen molar-refractivity contribution in [1.82, 2.24) is 0 Å². The molecule has 0 spiro atoms. The molecule has 0 fully saturated rings. The van der Waals surface area contributed by atoms with Gasteiger partial charge in [-0.25, -0.2) is 0 Å². The van der Waals surface area contributed by atoms with Gasteiger partial charge in [0.2, 0.25) is 0 Å². The molecular weight excluding hydrogens is 1240 g/mol. The maximum atomic E-state index is 13.2. The van der Waals surface area contributed by atoms with Crippen molar-refractivity contribution in [2.24, 2.45) is 10.8 Å². The summed E-state index contributed by atoms with van der Waals surface area (Å²) in [6.45, 7) is 5.74. The van der Waals surface area contributed by atoms with Crippen LogP contribution in [0.15, 0.2) is 148 Å². The summed E-state index contributed by atoms with van der Waals surface area (Å²) in [5, 5.41) is 2.71. The van der Waals surface area contributed by atoms with Gasteiger partial charge in [0, 0.05) is 21.4 Å². The summed E-state index contributed by atoms with van der Waals surface area (Å²) in [4.78, 5) is -0.448. The van der Waals surface area contributed by atoms with Gasteiger partial charge in [-0.3, -0.25) is 12.5 Å². The maximum absolute atomic E-state index is 13.2. The van der Waals surface area contributed by atoms with Crippen molar-refractivity contribution in [3.8, 4) is 0 Å². The Hall–Kier alpha value is -1.41. The van der Waals surface area contributed by atoms with Crippen molar-refractivity contribution in [2.45, 2.75) is 48.7 Å². The van der Waals surface area contributed by atoms with Crippen LogP contribution in [0, 0.1) is 31.6 Å². The normalized spacial score (nSPS) is 12.0. The second kappa shape index (κ2) is 32.8. The first-order valence-corrected chi connectivity index (χ1v) is 29.0. The molecule has 0 saturated carbocycles. The monoisotopic (exact) mass is 1290 g/mol. The Kier molecular flexibility index (Phi) is 30.3. The van der Waals surface area contributed by atoms with Crippen LogP contribution in [0.5, 0.6) is 0 Å². The van der Waals surface area contributed by atoms with E-state index < -0.39 is 62.2 Å². The molecule has 21 heteroatoms. The Morgan fingerprint density at radius 2 is 0.657 bits per heavy atom. The van der Waals surface area contributed by atoms with Gasteiger partial charge in [-0.05, 0) is 68.3 Å². The Morgan fingerprint density at radius 1 is 0.386 bits per heavy atom. The van der Waals surface area contributed by atoms with Gasteiger partial charge < -0.3 is 35.9 Å². The Balaban J connectivity index is 0.000000674. The van der Waals surface area contributed by atoms with Crippen molar-refractivity contribution in [2.75, 3.05) is 75.5 Å². The molecule has 0 heterocycles. The van der Waals surface area contributed by atoms with Gasteiger partial charge in [-0.1, -0.05) is 162 Å². The second-order valence-corrected chi connectivity index (χ2v) is 22.7. The number of ether oxygens (including phenoxy) is 4. The van der Waals surface area contributed by atoms with Crippen LogP contribution in [0.4, 0.5) is 0 Å². The van der Waals surface area contributed by atoms with Crippen LogP contribution in [0.25, 0.3) is 0 Å². The smallest absolute Gasteiger partial charge is 1.00 e. The van der Waals surface area contributed by atoms with Crippen molar-refractivity contribution in [3.05, 3.63) is 161 Å². The van der Waals surface area contributed by atoms with Gasteiger partial charge in [0.25, 0.3) is 30.4 Å². The minimum Gasteiger partial charge on any atom is -1.00 e. The molecule has 0 aromatic heterocycles. The molecule has 0 aliphatic carbocycles. The van der Waals surface area contributed by atoms with Crippen LogP contribution < -0.4 is 46.5 Å². The number of rotatable bonds is 29. The fourth-order valence-electron chi connectivity index (χ4n) is 5.74. The first kappa shape index (κ1) is 64.7. The zero-order chi connectivity index (χ0) is 49.5. The third-order valence-corrected chi connectivity index (χ3v) is 17.5. The summed E-state index contributed by atoms with van der Waals surface area (Å²) in [7, 11) is -13.2. The van der Waals surface area contributed by atoms with E-state index in [2.05, 4.69) is 59.9 Å². The Bertz CT molecular complexity index is 2360. The minimum atomic E-state index is -4.39. The predicted molar refractivity (Wildman–Crippen MR) is 273 cm³/mol. The van der Waals surface area contributed by atoms with Crippen LogP contribution >= 0.6 is 47.8 Å². The van der Waals surface area contributed by atoms with E-state index in [0.717, 1.165) is 38.2 Å². The predicted octanol–water partition coefficient (Wildman–Crippen LogP) is 3.75. The van der Waals surface area contributed by atoms with Crippen LogP contribution in [0.3, 0.4) is 0 Å². The molecule has 5 aromatic carbocycles. The molecule has 5 aromatic rings. The number of aryl methyl sites for hydroxylation is 3. The summed E-state index contributed by atoms with van der Waals surface area (Å²) >= 11 is 10.6. The topological polar surface area (TPSA) is 167 Å². The van der Waals surface area contributed by atoms with Crippen LogP contribution in [0.1, 0.15) is 27.8 Å². The fraction of sp³-hybridized carbons (Fsp3) is 0.388. The molecule has 13 nitrogen and oxygen atoms in total. The van der Waals surface area contributed by atoms with Gasteiger partial charge >= 0.3 is 29.6 Å². The summed E-state index contributed by atoms with van der Waals surface area (Å²) in [6, 6.07) is 37.4. The van der Waals surface area contributed by atoms with Gasteiger partial charge in [-0.15, -0.1) is 0 Å². The van der Waals surface area contributed by atoms with E-state index in [1.807, 2.05) is 48.5 Å². The van der Waals surface area contributed by atoms with E-state index in [1.165, 1.54) is 42.0 Å². The number of halogens is 4. The van der Waals surface area contributed by atoms with Crippen molar-refractivity contribution in [1.29, 1.82) is 0 Å². The first-order valence-electron chi connectivity index (χ1n) is 21.4. The van der Waals surface area contributed by atoms with E-state index in [9.17, 15) is 25.3 Å². The average Bonchev–Trinajstić information content (AvgIpc) is 3.34. The molecule has 0 aliphatic heterocycles. The SMILES string of the molecule is BrCC(CBr)(CBr)COCCOCc1ccccc1.Cc1ccc(S(=O)(=O)OCC(COCCOCc2ccccc2)(COS(=O)(=O)c2ccc(C)cc2)COS(=O)(=O)c2ccc(C)cc2)cc1.[Br-].[Na+]. The summed E-state index contributed by atoms with van der Waals surface area (Å²) in [5.41, 5.74) is 2.93. The van der Waals surface area contributed by atoms with Crippen molar-refractivity contribution in [3.63, 3.8) is 0 Å². The summed E-state index contributed by atoms with van der Waals surface area (Å²) < 4.78 is 119. The zero-order valence-electron chi connectivity index (χ0n) is 39.6. The van der Waals surface area contributed by atoms with Gasteiger partial charge in [-0.2, -0.15) is 25.3 Å². The molecule has 380 valence electrons.